The summed E-state index contributed by atoms with van der Waals surface area (Å²) in [7, 11) is 0. The van der Waals surface area contributed by atoms with Crippen molar-refractivity contribution >= 4 is 11.7 Å². The quantitative estimate of drug-likeness (QED) is 0.615. The lowest BCUT2D eigenvalue weighted by atomic mass is 9.76. The molecular formula is C25H32N4O4. The van der Waals surface area contributed by atoms with E-state index in [1.165, 1.54) is 5.56 Å². The van der Waals surface area contributed by atoms with Crippen molar-refractivity contribution in [3.63, 3.8) is 0 Å². The van der Waals surface area contributed by atoms with Gasteiger partial charge in [0.05, 0.1) is 44.1 Å². The Labute approximate surface area is 194 Å². The summed E-state index contributed by atoms with van der Waals surface area (Å²) in [5, 5.41) is 12.2. The maximum Gasteiger partial charge on any atom is 0.255 e. The molecule has 1 spiro atoms. The predicted molar refractivity (Wildman–Crippen MR) is 125 cm³/mol. The molecule has 4 heterocycles. The van der Waals surface area contributed by atoms with Crippen LogP contribution in [0.1, 0.15) is 41.7 Å². The van der Waals surface area contributed by atoms with E-state index in [-0.39, 0.29) is 30.5 Å². The van der Waals surface area contributed by atoms with E-state index < -0.39 is 0 Å². The summed E-state index contributed by atoms with van der Waals surface area (Å²) in [5.74, 6) is -0.0482. The number of nitrogen functional groups attached to an aromatic ring is 1. The smallest absolute Gasteiger partial charge is 0.255 e. The van der Waals surface area contributed by atoms with Crippen LogP contribution in [-0.4, -0.2) is 72.6 Å². The zero-order valence-electron chi connectivity index (χ0n) is 19.0. The zero-order valence-corrected chi connectivity index (χ0v) is 19.0. The number of nitrogens with one attached hydrogen (secondary N) is 1. The fourth-order valence-corrected chi connectivity index (χ4v) is 4.97. The van der Waals surface area contributed by atoms with Crippen LogP contribution in [0.15, 0.2) is 36.5 Å². The first kappa shape index (κ1) is 22.3. The fourth-order valence-electron chi connectivity index (χ4n) is 4.97. The van der Waals surface area contributed by atoms with Crippen LogP contribution in [0.5, 0.6) is 0 Å². The van der Waals surface area contributed by atoms with Gasteiger partial charge in [0.1, 0.15) is 5.82 Å². The molecule has 3 fully saturated rings. The molecule has 8 nitrogen and oxygen atoms in total. The van der Waals surface area contributed by atoms with Gasteiger partial charge >= 0.3 is 0 Å². The number of carbonyl (C=O) groups excluding carboxylic acids is 1. The minimum Gasteiger partial charge on any atom is -0.394 e. The summed E-state index contributed by atoms with van der Waals surface area (Å²) in [5.41, 5.74) is 9.91. The number of ether oxygens (including phenoxy) is 2. The lowest BCUT2D eigenvalue weighted by Crippen LogP contribution is -2.66. The van der Waals surface area contributed by atoms with E-state index >= 15 is 0 Å². The van der Waals surface area contributed by atoms with Crippen LogP contribution in [0.25, 0.3) is 11.1 Å². The number of likely N-dealkylation sites (tertiary alicyclic amines) is 1. The van der Waals surface area contributed by atoms with Crippen LogP contribution < -0.4 is 11.1 Å². The summed E-state index contributed by atoms with van der Waals surface area (Å²) < 4.78 is 10.9. The Balaban J connectivity index is 1.24. The first-order chi connectivity index (χ1) is 16.0. The predicted octanol–water partition coefficient (Wildman–Crippen LogP) is 1.99. The van der Waals surface area contributed by atoms with Crippen LogP contribution in [0.4, 0.5) is 5.82 Å². The van der Waals surface area contributed by atoms with Gasteiger partial charge in [0.2, 0.25) is 0 Å². The minimum atomic E-state index is -0.255. The highest BCUT2D eigenvalue weighted by molar-refractivity contribution is 5.99. The number of hydrogen-bond donors (Lipinski definition) is 3. The lowest BCUT2D eigenvalue weighted by Gasteiger charge is -2.57. The lowest BCUT2D eigenvalue weighted by molar-refractivity contribution is -0.197. The number of aliphatic hydroxyl groups is 1. The molecule has 3 aliphatic heterocycles. The summed E-state index contributed by atoms with van der Waals surface area (Å²) in [4.78, 5) is 19.6. The summed E-state index contributed by atoms with van der Waals surface area (Å²) in [6.45, 7) is 6.62. The Kier molecular flexibility index (Phi) is 6.09. The van der Waals surface area contributed by atoms with E-state index in [9.17, 15) is 9.90 Å². The number of benzene rings is 1. The van der Waals surface area contributed by atoms with E-state index in [2.05, 4.69) is 46.4 Å². The van der Waals surface area contributed by atoms with Crippen molar-refractivity contribution < 1.29 is 19.4 Å². The number of aliphatic hydroxyl groups excluding tert-OH is 1. The monoisotopic (exact) mass is 452 g/mol. The second-order valence-electron chi connectivity index (χ2n) is 9.74. The van der Waals surface area contributed by atoms with Gasteiger partial charge in [0.25, 0.3) is 5.91 Å². The van der Waals surface area contributed by atoms with Crippen molar-refractivity contribution in [1.29, 1.82) is 0 Å². The van der Waals surface area contributed by atoms with E-state index in [4.69, 9.17) is 15.2 Å². The number of anilines is 1. The van der Waals surface area contributed by atoms with Gasteiger partial charge in [-0.1, -0.05) is 24.3 Å². The molecule has 0 aliphatic carbocycles. The average molecular weight is 453 g/mol. The summed E-state index contributed by atoms with van der Waals surface area (Å²) in [6.07, 6.45) is 3.03. The van der Waals surface area contributed by atoms with Crippen molar-refractivity contribution in [3.05, 3.63) is 47.7 Å². The average Bonchev–Trinajstić information content (AvgIpc) is 2.78. The second kappa shape index (κ2) is 9.02. The molecule has 1 amide bonds. The molecule has 0 bridgehead atoms. The molecule has 0 radical (unpaired) electrons. The molecule has 1 aromatic heterocycles. The molecule has 2 aromatic rings. The van der Waals surface area contributed by atoms with Crippen molar-refractivity contribution in [2.45, 2.75) is 38.0 Å². The van der Waals surface area contributed by atoms with Gasteiger partial charge < -0.3 is 25.6 Å². The molecule has 3 atom stereocenters. The molecule has 33 heavy (non-hydrogen) atoms. The van der Waals surface area contributed by atoms with Crippen LogP contribution in [0.2, 0.25) is 0 Å². The topological polar surface area (TPSA) is 110 Å². The van der Waals surface area contributed by atoms with Crippen molar-refractivity contribution in [2.75, 3.05) is 45.3 Å². The third-order valence-corrected chi connectivity index (χ3v) is 7.24. The van der Waals surface area contributed by atoms with Gasteiger partial charge in [0.15, 0.2) is 0 Å². The number of aromatic nitrogens is 1. The number of carbonyl (C=O) groups is 1. The first-order valence-corrected chi connectivity index (χ1v) is 11.7. The van der Waals surface area contributed by atoms with E-state index in [1.807, 2.05) is 0 Å². The van der Waals surface area contributed by atoms with Gasteiger partial charge in [-0.2, -0.15) is 0 Å². The van der Waals surface area contributed by atoms with Crippen molar-refractivity contribution in [2.24, 2.45) is 5.41 Å². The molecule has 4 N–H and O–H groups in total. The molecule has 8 heteroatoms. The third-order valence-electron chi connectivity index (χ3n) is 7.24. The molecule has 3 aliphatic rings. The maximum absolute atomic E-state index is 12.9. The van der Waals surface area contributed by atoms with Crippen molar-refractivity contribution in [1.82, 2.24) is 15.2 Å². The molecule has 1 unspecified atom stereocenters. The van der Waals surface area contributed by atoms with Crippen molar-refractivity contribution in [3.8, 4) is 11.1 Å². The molecule has 3 saturated heterocycles. The fraction of sp³-hybridized carbons (Fsp3) is 0.520. The Morgan fingerprint density at radius 1 is 1.27 bits per heavy atom. The van der Waals surface area contributed by atoms with Gasteiger partial charge in [-0.05, 0) is 37.0 Å². The van der Waals surface area contributed by atoms with Gasteiger partial charge in [-0.3, -0.25) is 9.69 Å². The number of rotatable bonds is 6. The number of hydrogen-bond acceptors (Lipinski definition) is 7. The SMILES string of the molecule is CC(c1ccc(-c2cnc(N)c(C(=O)N[C@@H]3CC[C@@H](CO)OC3)c2)cc1)N1CC2(COC2)C1. The molecule has 1 aromatic carbocycles. The Bertz CT molecular complexity index is 992. The van der Waals surface area contributed by atoms with Crippen LogP contribution in [0.3, 0.4) is 0 Å². The summed E-state index contributed by atoms with van der Waals surface area (Å²) in [6, 6.07) is 10.5. The Hall–Kier alpha value is -2.52. The molecular weight excluding hydrogens is 420 g/mol. The van der Waals surface area contributed by atoms with Crippen LogP contribution in [0, 0.1) is 5.41 Å². The van der Waals surface area contributed by atoms with E-state index in [0.29, 0.717) is 30.0 Å². The Morgan fingerprint density at radius 3 is 2.64 bits per heavy atom. The Morgan fingerprint density at radius 2 is 2.03 bits per heavy atom. The summed E-state index contributed by atoms with van der Waals surface area (Å²) >= 11 is 0. The van der Waals surface area contributed by atoms with E-state index in [1.54, 1.807) is 12.3 Å². The standard InChI is InChI=1S/C25H32N4O4/c1-16(29-12-25(13-29)14-32-15-25)17-2-4-18(5-3-17)19-8-22(23(26)27-9-19)24(31)28-20-6-7-21(10-30)33-11-20/h2-5,8-9,16,20-21,30H,6-7,10-15H2,1H3,(H2,26,27)(H,28,31)/t16?,20-,21+/m1/s1. The van der Waals surface area contributed by atoms with Gasteiger partial charge in [-0.25, -0.2) is 4.98 Å². The number of amides is 1. The highest BCUT2D eigenvalue weighted by atomic mass is 16.5. The van der Waals surface area contributed by atoms with Gasteiger partial charge in [0, 0.05) is 36.3 Å². The van der Waals surface area contributed by atoms with E-state index in [0.717, 1.165) is 43.9 Å². The van der Waals surface area contributed by atoms with Crippen LogP contribution in [-0.2, 0) is 9.47 Å². The number of nitrogens with two attached hydrogens (primary N) is 1. The zero-order chi connectivity index (χ0) is 23.0. The number of nitrogens with zero attached hydrogens (tertiary/aromatic N) is 2. The third kappa shape index (κ3) is 4.48. The number of pyridine rings is 1. The van der Waals surface area contributed by atoms with Crippen LogP contribution >= 0.6 is 0 Å². The van der Waals surface area contributed by atoms with Gasteiger partial charge in [-0.15, -0.1) is 0 Å². The molecule has 5 rings (SSSR count). The highest BCUT2D eigenvalue weighted by Crippen LogP contribution is 2.42. The first-order valence-electron chi connectivity index (χ1n) is 11.7. The highest BCUT2D eigenvalue weighted by Gasteiger charge is 2.50. The largest absolute Gasteiger partial charge is 0.394 e. The minimum absolute atomic E-state index is 0.00488. The maximum atomic E-state index is 12.9. The molecule has 0 saturated carbocycles. The normalized spacial score (nSPS) is 25.2. The second-order valence-corrected chi connectivity index (χ2v) is 9.74. The molecule has 176 valence electrons.